The molecule has 0 spiro atoms. The Bertz CT molecular complexity index is 1140. The van der Waals surface area contributed by atoms with Crippen molar-refractivity contribution in [1.82, 2.24) is 4.31 Å². The lowest BCUT2D eigenvalue weighted by Gasteiger charge is -2.31. The van der Waals surface area contributed by atoms with Crippen LogP contribution in [-0.4, -0.2) is 25.8 Å². The van der Waals surface area contributed by atoms with Gasteiger partial charge in [0.1, 0.15) is 0 Å². The molecule has 0 aromatic heterocycles. The van der Waals surface area contributed by atoms with Crippen LogP contribution in [-0.2, 0) is 23.0 Å². The average Bonchev–Trinajstić information content (AvgIpc) is 2.80. The molecule has 1 aliphatic rings. The zero-order chi connectivity index (χ0) is 22.6. The van der Waals surface area contributed by atoms with Crippen molar-refractivity contribution in [2.45, 2.75) is 30.7 Å². The highest BCUT2D eigenvalue weighted by molar-refractivity contribution is 7.89. The van der Waals surface area contributed by atoms with Crippen LogP contribution in [0.25, 0.3) is 0 Å². The molecule has 1 saturated heterocycles. The smallest absolute Gasteiger partial charge is 0.243 e. The zero-order valence-electron chi connectivity index (χ0n) is 17.7. The van der Waals surface area contributed by atoms with Gasteiger partial charge < -0.3 is 5.32 Å². The van der Waals surface area contributed by atoms with E-state index in [0.29, 0.717) is 40.5 Å². The number of sulfonamides is 1. The molecule has 3 aromatic carbocycles. The molecule has 32 heavy (non-hydrogen) atoms. The molecule has 0 aliphatic carbocycles. The van der Waals surface area contributed by atoms with Gasteiger partial charge in [-0.2, -0.15) is 4.31 Å². The van der Waals surface area contributed by atoms with E-state index in [-0.39, 0.29) is 0 Å². The molecule has 3 aromatic rings. The van der Waals surface area contributed by atoms with Crippen molar-refractivity contribution in [3.05, 3.63) is 94.0 Å². The van der Waals surface area contributed by atoms with E-state index in [1.807, 2.05) is 12.1 Å². The van der Waals surface area contributed by atoms with Crippen molar-refractivity contribution >= 4 is 38.9 Å². The van der Waals surface area contributed by atoms with Crippen LogP contribution in [0.4, 0.5) is 5.69 Å². The van der Waals surface area contributed by atoms with Gasteiger partial charge >= 0.3 is 0 Å². The van der Waals surface area contributed by atoms with Crippen LogP contribution in [0.15, 0.2) is 77.7 Å². The molecule has 0 bridgehead atoms. The summed E-state index contributed by atoms with van der Waals surface area (Å²) >= 11 is 12.1. The Morgan fingerprint density at radius 3 is 2.25 bits per heavy atom. The SMILES string of the molecule is O=S(=O)(c1ccc(NCc2ccc(Cl)cc2Cl)cc1)N1CCC(Cc2ccccc2)CC1. The first-order chi connectivity index (χ1) is 15.4. The van der Waals surface area contributed by atoms with Gasteiger partial charge in [-0.1, -0.05) is 59.6 Å². The highest BCUT2D eigenvalue weighted by atomic mass is 35.5. The monoisotopic (exact) mass is 488 g/mol. The fourth-order valence-electron chi connectivity index (χ4n) is 4.06. The molecule has 0 radical (unpaired) electrons. The van der Waals surface area contributed by atoms with Crippen molar-refractivity contribution in [2.75, 3.05) is 18.4 Å². The van der Waals surface area contributed by atoms with Gasteiger partial charge in [-0.05, 0) is 72.7 Å². The molecule has 0 atom stereocenters. The summed E-state index contributed by atoms with van der Waals surface area (Å²) in [7, 11) is -3.48. The predicted octanol–water partition coefficient (Wildman–Crippen LogP) is 6.25. The molecule has 7 heteroatoms. The van der Waals surface area contributed by atoms with Gasteiger partial charge in [0.15, 0.2) is 0 Å². The maximum Gasteiger partial charge on any atom is 0.243 e. The first kappa shape index (κ1) is 23.1. The number of piperidine rings is 1. The normalized spacial score (nSPS) is 15.6. The standard InChI is InChI=1S/C25H26Cl2N2O2S/c26-22-7-6-21(25(27)17-22)18-28-23-8-10-24(11-9-23)32(30,31)29-14-12-20(13-15-29)16-19-4-2-1-3-5-19/h1-11,17,20,28H,12-16,18H2. The summed E-state index contributed by atoms with van der Waals surface area (Å²) in [6.45, 7) is 1.65. The molecule has 4 rings (SSSR count). The number of benzene rings is 3. The summed E-state index contributed by atoms with van der Waals surface area (Å²) in [6.07, 6.45) is 2.78. The lowest BCUT2D eigenvalue weighted by molar-refractivity contribution is 0.273. The van der Waals surface area contributed by atoms with Gasteiger partial charge in [-0.15, -0.1) is 0 Å². The van der Waals surface area contributed by atoms with Crippen LogP contribution in [0, 0.1) is 5.92 Å². The van der Waals surface area contributed by atoms with Crippen LogP contribution in [0.2, 0.25) is 10.0 Å². The van der Waals surface area contributed by atoms with Crippen molar-refractivity contribution in [3.8, 4) is 0 Å². The maximum atomic E-state index is 13.1. The Hall–Kier alpha value is -2.05. The van der Waals surface area contributed by atoms with E-state index in [4.69, 9.17) is 23.2 Å². The van der Waals surface area contributed by atoms with E-state index in [1.165, 1.54) is 5.56 Å². The summed E-state index contributed by atoms with van der Waals surface area (Å²) in [6, 6.07) is 22.7. The van der Waals surface area contributed by atoms with Gasteiger partial charge in [-0.3, -0.25) is 0 Å². The minimum Gasteiger partial charge on any atom is -0.381 e. The minimum absolute atomic E-state index is 0.328. The van der Waals surface area contributed by atoms with Crippen LogP contribution >= 0.6 is 23.2 Å². The quantitative estimate of drug-likeness (QED) is 0.427. The molecule has 4 nitrogen and oxygen atoms in total. The van der Waals surface area contributed by atoms with Crippen molar-refractivity contribution in [3.63, 3.8) is 0 Å². The van der Waals surface area contributed by atoms with E-state index in [2.05, 4.69) is 29.6 Å². The number of nitrogens with zero attached hydrogens (tertiary/aromatic N) is 1. The Kier molecular flexibility index (Phi) is 7.41. The molecule has 1 fully saturated rings. The Morgan fingerprint density at radius 2 is 1.59 bits per heavy atom. The van der Waals surface area contributed by atoms with Crippen molar-refractivity contribution in [2.24, 2.45) is 5.92 Å². The topological polar surface area (TPSA) is 49.4 Å². The summed E-state index contributed by atoms with van der Waals surface area (Å²) in [4.78, 5) is 0.328. The highest BCUT2D eigenvalue weighted by Crippen LogP contribution is 2.27. The van der Waals surface area contributed by atoms with Gasteiger partial charge in [-0.25, -0.2) is 8.42 Å². The molecule has 0 amide bonds. The van der Waals surface area contributed by atoms with Crippen LogP contribution in [0.1, 0.15) is 24.0 Å². The average molecular weight is 489 g/mol. The lowest BCUT2D eigenvalue weighted by atomic mass is 9.91. The number of halogens is 2. The third kappa shape index (κ3) is 5.65. The van der Waals surface area contributed by atoms with Gasteiger partial charge in [0.05, 0.1) is 4.90 Å². The largest absolute Gasteiger partial charge is 0.381 e. The van der Waals surface area contributed by atoms with Crippen LogP contribution < -0.4 is 5.32 Å². The van der Waals surface area contributed by atoms with Crippen LogP contribution in [0.5, 0.6) is 0 Å². The molecule has 0 unspecified atom stereocenters. The molecule has 1 aliphatic heterocycles. The zero-order valence-corrected chi connectivity index (χ0v) is 20.0. The molecular weight excluding hydrogens is 463 g/mol. The van der Waals surface area contributed by atoms with Crippen LogP contribution in [0.3, 0.4) is 0 Å². The summed E-state index contributed by atoms with van der Waals surface area (Å²) in [5, 5.41) is 4.46. The predicted molar refractivity (Wildman–Crippen MR) is 132 cm³/mol. The van der Waals surface area contributed by atoms with E-state index < -0.39 is 10.0 Å². The van der Waals surface area contributed by atoms with Crippen molar-refractivity contribution in [1.29, 1.82) is 0 Å². The third-order valence-electron chi connectivity index (χ3n) is 5.93. The van der Waals surface area contributed by atoms with Crippen molar-refractivity contribution < 1.29 is 8.42 Å². The first-order valence-corrected chi connectivity index (χ1v) is 12.9. The molecule has 1 N–H and O–H groups in total. The number of anilines is 1. The molecular formula is C25H26Cl2N2O2S. The number of rotatable bonds is 7. The third-order valence-corrected chi connectivity index (χ3v) is 8.43. The van der Waals surface area contributed by atoms with E-state index in [1.54, 1.807) is 40.7 Å². The fraction of sp³-hybridized carbons (Fsp3) is 0.280. The number of hydrogen-bond acceptors (Lipinski definition) is 3. The maximum absolute atomic E-state index is 13.1. The minimum atomic E-state index is -3.48. The van der Waals surface area contributed by atoms with E-state index >= 15 is 0 Å². The molecule has 1 heterocycles. The summed E-state index contributed by atoms with van der Waals surface area (Å²) < 4.78 is 27.8. The van der Waals surface area contributed by atoms with E-state index in [9.17, 15) is 8.42 Å². The number of nitrogens with one attached hydrogen (secondary N) is 1. The fourth-order valence-corrected chi connectivity index (χ4v) is 6.00. The second-order valence-electron chi connectivity index (χ2n) is 8.15. The number of hydrogen-bond donors (Lipinski definition) is 1. The summed E-state index contributed by atoms with van der Waals surface area (Å²) in [5.74, 6) is 0.523. The Morgan fingerprint density at radius 1 is 0.906 bits per heavy atom. The molecule has 168 valence electrons. The van der Waals surface area contributed by atoms with Gasteiger partial charge in [0.25, 0.3) is 0 Å². The Balaban J connectivity index is 1.34. The summed E-state index contributed by atoms with van der Waals surface area (Å²) in [5.41, 5.74) is 3.07. The first-order valence-electron chi connectivity index (χ1n) is 10.7. The van der Waals surface area contributed by atoms with Gasteiger partial charge in [0.2, 0.25) is 10.0 Å². The van der Waals surface area contributed by atoms with E-state index in [0.717, 1.165) is 30.5 Å². The Labute approximate surface area is 200 Å². The highest BCUT2D eigenvalue weighted by Gasteiger charge is 2.29. The second kappa shape index (κ2) is 10.3. The second-order valence-corrected chi connectivity index (χ2v) is 10.9. The molecule has 0 saturated carbocycles. The lowest BCUT2D eigenvalue weighted by Crippen LogP contribution is -2.38. The van der Waals surface area contributed by atoms with Gasteiger partial charge in [0, 0.05) is 35.4 Å².